The Labute approximate surface area is 119 Å². The van der Waals surface area contributed by atoms with Gasteiger partial charge in [0.2, 0.25) is 0 Å². The molecule has 0 saturated heterocycles. The molecule has 0 fully saturated rings. The monoisotopic (exact) mass is 272 g/mol. The van der Waals surface area contributed by atoms with Crippen LogP contribution in [-0.2, 0) is 17.9 Å². The molecule has 20 heavy (non-hydrogen) atoms. The highest BCUT2D eigenvalue weighted by Gasteiger charge is 2.08. The summed E-state index contributed by atoms with van der Waals surface area (Å²) in [6.45, 7) is 3.21. The van der Waals surface area contributed by atoms with Crippen LogP contribution in [0.2, 0.25) is 0 Å². The number of aromatic nitrogens is 2. The molecule has 0 bridgehead atoms. The average molecular weight is 272 g/mol. The van der Waals surface area contributed by atoms with E-state index in [1.165, 1.54) is 11.1 Å². The van der Waals surface area contributed by atoms with E-state index >= 15 is 0 Å². The molecule has 0 spiro atoms. The summed E-state index contributed by atoms with van der Waals surface area (Å²) in [5, 5.41) is 0. The van der Waals surface area contributed by atoms with Crippen molar-refractivity contribution in [3.8, 4) is 0 Å². The van der Waals surface area contributed by atoms with Gasteiger partial charge in [-0.25, -0.2) is 9.97 Å². The normalized spacial score (nSPS) is 10.6. The number of rotatable bonds is 5. The largest absolute Gasteiger partial charge is 0.384 e. The molecule has 0 aliphatic heterocycles. The zero-order valence-corrected chi connectivity index (χ0v) is 12.1. The molecule has 2 N–H and O–H groups in total. The predicted molar refractivity (Wildman–Crippen MR) is 80.4 cm³/mol. The molecule has 0 amide bonds. The Morgan fingerprint density at radius 3 is 2.75 bits per heavy atom. The summed E-state index contributed by atoms with van der Waals surface area (Å²) in [6, 6.07) is 10.2. The molecule has 0 aliphatic carbocycles. The van der Waals surface area contributed by atoms with E-state index in [0.29, 0.717) is 18.2 Å². The number of aryl methyl sites for hydroxylation is 1. The van der Waals surface area contributed by atoms with E-state index < -0.39 is 0 Å². The van der Waals surface area contributed by atoms with Crippen LogP contribution >= 0.6 is 0 Å². The zero-order valence-electron chi connectivity index (χ0n) is 12.1. The van der Waals surface area contributed by atoms with Crippen LogP contribution in [0.5, 0.6) is 0 Å². The van der Waals surface area contributed by atoms with Crippen LogP contribution in [-0.4, -0.2) is 24.1 Å². The SMILES string of the molecule is COCc1nc(N)cc(N(C)Cc2cccc(C)c2)n1. The number of nitrogens with two attached hydrogens (primary N) is 1. The molecule has 1 aromatic carbocycles. The average Bonchev–Trinajstić information content (AvgIpc) is 2.38. The van der Waals surface area contributed by atoms with E-state index in [4.69, 9.17) is 10.5 Å². The fraction of sp³-hybridized carbons (Fsp3) is 0.333. The molecule has 0 atom stereocenters. The van der Waals surface area contributed by atoms with Crippen LogP contribution in [0.3, 0.4) is 0 Å². The number of hydrogen-bond donors (Lipinski definition) is 1. The van der Waals surface area contributed by atoms with Crippen molar-refractivity contribution in [1.82, 2.24) is 9.97 Å². The molecule has 106 valence electrons. The van der Waals surface area contributed by atoms with Crippen molar-refractivity contribution in [3.63, 3.8) is 0 Å². The van der Waals surface area contributed by atoms with Gasteiger partial charge in [0.15, 0.2) is 5.82 Å². The first-order chi connectivity index (χ1) is 9.58. The Kier molecular flexibility index (Phi) is 4.53. The third-order valence-electron chi connectivity index (χ3n) is 2.95. The van der Waals surface area contributed by atoms with Crippen molar-refractivity contribution in [1.29, 1.82) is 0 Å². The Balaban J connectivity index is 2.18. The van der Waals surface area contributed by atoms with Crippen LogP contribution in [0.1, 0.15) is 17.0 Å². The molecular formula is C15H20N4O. The third kappa shape index (κ3) is 3.68. The molecule has 0 aliphatic rings. The molecule has 0 unspecified atom stereocenters. The maximum atomic E-state index is 5.81. The zero-order chi connectivity index (χ0) is 14.5. The fourth-order valence-electron chi connectivity index (χ4n) is 2.06. The van der Waals surface area contributed by atoms with Gasteiger partial charge in [0.25, 0.3) is 0 Å². The Bertz CT molecular complexity index is 586. The summed E-state index contributed by atoms with van der Waals surface area (Å²) in [7, 11) is 3.60. The molecule has 2 aromatic rings. The summed E-state index contributed by atoms with van der Waals surface area (Å²) < 4.78 is 5.05. The molecule has 1 heterocycles. The molecular weight excluding hydrogens is 252 g/mol. The second-order valence-electron chi connectivity index (χ2n) is 4.85. The van der Waals surface area contributed by atoms with Gasteiger partial charge in [0.05, 0.1) is 0 Å². The first-order valence-electron chi connectivity index (χ1n) is 6.47. The van der Waals surface area contributed by atoms with E-state index in [1.807, 2.05) is 11.9 Å². The number of ether oxygens (including phenoxy) is 1. The first-order valence-corrected chi connectivity index (χ1v) is 6.47. The van der Waals surface area contributed by atoms with Gasteiger partial charge < -0.3 is 15.4 Å². The van der Waals surface area contributed by atoms with Gasteiger partial charge in [-0.05, 0) is 12.5 Å². The van der Waals surface area contributed by atoms with Gasteiger partial charge in [-0.1, -0.05) is 29.8 Å². The summed E-state index contributed by atoms with van der Waals surface area (Å²) in [6.07, 6.45) is 0. The summed E-state index contributed by atoms with van der Waals surface area (Å²) in [4.78, 5) is 10.6. The van der Waals surface area contributed by atoms with Gasteiger partial charge >= 0.3 is 0 Å². The molecule has 0 radical (unpaired) electrons. The molecule has 5 nitrogen and oxygen atoms in total. The lowest BCUT2D eigenvalue weighted by molar-refractivity contribution is 0.178. The predicted octanol–water partition coefficient (Wildman–Crippen LogP) is 2.15. The Hall–Kier alpha value is -2.14. The lowest BCUT2D eigenvalue weighted by Crippen LogP contribution is -2.19. The summed E-state index contributed by atoms with van der Waals surface area (Å²) in [5.41, 5.74) is 8.29. The number of nitrogens with zero attached hydrogens (tertiary/aromatic N) is 3. The number of methoxy groups -OCH3 is 1. The van der Waals surface area contributed by atoms with Crippen molar-refractivity contribution in [2.75, 3.05) is 24.8 Å². The Morgan fingerprint density at radius 2 is 2.05 bits per heavy atom. The van der Waals surface area contributed by atoms with Crippen molar-refractivity contribution in [2.45, 2.75) is 20.1 Å². The van der Waals surface area contributed by atoms with Crippen molar-refractivity contribution in [2.24, 2.45) is 0 Å². The minimum atomic E-state index is 0.357. The number of nitrogen functional groups attached to an aromatic ring is 1. The Morgan fingerprint density at radius 1 is 1.25 bits per heavy atom. The molecule has 2 rings (SSSR count). The van der Waals surface area contributed by atoms with Gasteiger partial charge in [0, 0.05) is 26.8 Å². The van der Waals surface area contributed by atoms with Gasteiger partial charge in [-0.3, -0.25) is 0 Å². The van der Waals surface area contributed by atoms with E-state index in [0.717, 1.165) is 12.4 Å². The van der Waals surface area contributed by atoms with Crippen molar-refractivity contribution >= 4 is 11.6 Å². The van der Waals surface area contributed by atoms with Gasteiger partial charge in [0.1, 0.15) is 18.2 Å². The maximum Gasteiger partial charge on any atom is 0.158 e. The third-order valence-corrected chi connectivity index (χ3v) is 2.95. The topological polar surface area (TPSA) is 64.3 Å². The first kappa shape index (κ1) is 14.3. The van der Waals surface area contributed by atoms with Gasteiger partial charge in [-0.15, -0.1) is 0 Å². The number of anilines is 2. The standard InChI is InChI=1S/C15H20N4O/c1-11-5-4-6-12(7-11)9-19(2)15-8-13(16)17-14(18-15)10-20-3/h4-8H,9-10H2,1-3H3,(H2,16,17,18). The smallest absolute Gasteiger partial charge is 0.158 e. The number of benzene rings is 1. The quantitative estimate of drug-likeness (QED) is 0.903. The van der Waals surface area contributed by atoms with E-state index in [1.54, 1.807) is 13.2 Å². The van der Waals surface area contributed by atoms with Crippen molar-refractivity contribution < 1.29 is 4.74 Å². The minimum absolute atomic E-state index is 0.357. The fourth-order valence-corrected chi connectivity index (χ4v) is 2.06. The second kappa shape index (κ2) is 6.34. The lowest BCUT2D eigenvalue weighted by Gasteiger charge is -2.19. The highest BCUT2D eigenvalue weighted by Crippen LogP contribution is 2.16. The van der Waals surface area contributed by atoms with E-state index in [2.05, 4.69) is 41.2 Å². The minimum Gasteiger partial charge on any atom is -0.384 e. The van der Waals surface area contributed by atoms with Crippen LogP contribution < -0.4 is 10.6 Å². The second-order valence-corrected chi connectivity index (χ2v) is 4.85. The molecule has 5 heteroatoms. The van der Waals surface area contributed by atoms with Crippen molar-refractivity contribution in [3.05, 3.63) is 47.3 Å². The maximum absolute atomic E-state index is 5.81. The highest BCUT2D eigenvalue weighted by molar-refractivity contribution is 5.47. The summed E-state index contributed by atoms with van der Waals surface area (Å²) >= 11 is 0. The highest BCUT2D eigenvalue weighted by atomic mass is 16.5. The van der Waals surface area contributed by atoms with Crippen LogP contribution in [0, 0.1) is 6.92 Å². The molecule has 1 aromatic heterocycles. The van der Waals surface area contributed by atoms with E-state index in [9.17, 15) is 0 Å². The molecule has 0 saturated carbocycles. The van der Waals surface area contributed by atoms with Crippen LogP contribution in [0.4, 0.5) is 11.6 Å². The van der Waals surface area contributed by atoms with Crippen LogP contribution in [0.15, 0.2) is 30.3 Å². The number of hydrogen-bond acceptors (Lipinski definition) is 5. The van der Waals surface area contributed by atoms with E-state index in [-0.39, 0.29) is 0 Å². The van der Waals surface area contributed by atoms with Gasteiger partial charge in [-0.2, -0.15) is 0 Å². The lowest BCUT2D eigenvalue weighted by atomic mass is 10.1. The van der Waals surface area contributed by atoms with Crippen LogP contribution in [0.25, 0.3) is 0 Å². The summed E-state index contributed by atoms with van der Waals surface area (Å²) in [5.74, 6) is 1.85.